The Labute approximate surface area is 172 Å². The van der Waals surface area contributed by atoms with E-state index >= 15 is 0 Å². The van der Waals surface area contributed by atoms with Crippen LogP contribution in [0.4, 0.5) is 8.78 Å². The van der Waals surface area contributed by atoms with Crippen LogP contribution in [0.5, 0.6) is 5.75 Å². The predicted molar refractivity (Wildman–Crippen MR) is 117 cm³/mol. The number of hydrogen-bond donors (Lipinski definition) is 0. The van der Waals surface area contributed by atoms with E-state index in [4.69, 9.17) is 4.74 Å². The maximum atomic E-state index is 12.9. The highest BCUT2D eigenvalue weighted by Gasteiger charge is 2.30. The van der Waals surface area contributed by atoms with Crippen LogP contribution in [0.25, 0.3) is 0 Å². The molecule has 2 fully saturated rings. The number of rotatable bonds is 9. The normalized spacial score (nSPS) is 29.8. The second-order valence-corrected chi connectivity index (χ2v) is 11.1. The van der Waals surface area contributed by atoms with E-state index in [1.807, 2.05) is 12.1 Å². The summed E-state index contributed by atoms with van der Waals surface area (Å²) in [5, 5.41) is 1.45. The van der Waals surface area contributed by atoms with Crippen LogP contribution in [-0.4, -0.2) is 29.0 Å². The first-order chi connectivity index (χ1) is 13.7. The Kier molecular flexibility index (Phi) is 8.82. The van der Waals surface area contributed by atoms with Gasteiger partial charge in [-0.15, -0.1) is 0 Å². The van der Waals surface area contributed by atoms with E-state index in [-0.39, 0.29) is 16.1 Å². The summed E-state index contributed by atoms with van der Waals surface area (Å²) in [6, 6.07) is 9.49. The first-order valence-corrected chi connectivity index (χ1v) is 13.3. The molecule has 0 saturated heterocycles. The molecule has 4 heteroatoms. The van der Waals surface area contributed by atoms with Gasteiger partial charge in [-0.05, 0) is 61.5 Å². The minimum atomic E-state index is -1.52. The van der Waals surface area contributed by atoms with Crippen LogP contribution < -0.4 is 9.92 Å². The van der Waals surface area contributed by atoms with E-state index in [0.29, 0.717) is 5.75 Å². The van der Waals surface area contributed by atoms with Crippen LogP contribution in [0.1, 0.15) is 64.7 Å². The summed E-state index contributed by atoms with van der Waals surface area (Å²) in [5.74, 6) is 4.62. The van der Waals surface area contributed by atoms with Gasteiger partial charge in [-0.25, -0.2) is 8.78 Å². The van der Waals surface area contributed by atoms with Crippen LogP contribution in [-0.2, 0) is 0 Å². The van der Waals surface area contributed by atoms with Gasteiger partial charge in [0.15, 0.2) is 6.17 Å². The van der Waals surface area contributed by atoms with Crippen molar-refractivity contribution in [1.29, 1.82) is 0 Å². The molecule has 28 heavy (non-hydrogen) atoms. The van der Waals surface area contributed by atoms with Crippen molar-refractivity contribution < 1.29 is 13.5 Å². The molecule has 2 aliphatic rings. The minimum absolute atomic E-state index is 0.198. The largest absolute Gasteiger partial charge is 0.490 e. The zero-order chi connectivity index (χ0) is 19.8. The Morgan fingerprint density at radius 1 is 0.929 bits per heavy atom. The highest BCUT2D eigenvalue weighted by atomic mass is 28.2. The first kappa shape index (κ1) is 21.8. The van der Waals surface area contributed by atoms with Crippen molar-refractivity contribution in [3.05, 3.63) is 24.3 Å². The van der Waals surface area contributed by atoms with Gasteiger partial charge in [-0.3, -0.25) is 0 Å². The molecule has 0 amide bonds. The molecule has 1 unspecified atom stereocenters. The molecule has 0 bridgehead atoms. The lowest BCUT2D eigenvalue weighted by atomic mass is 9.69. The van der Waals surface area contributed by atoms with Crippen molar-refractivity contribution >= 4 is 14.7 Å². The zero-order valence-corrected chi connectivity index (χ0v) is 19.0. The fourth-order valence-electron chi connectivity index (χ4n) is 5.37. The number of ether oxygens (including phenoxy) is 1. The molecule has 2 saturated carbocycles. The monoisotopic (exact) mass is 408 g/mol. The summed E-state index contributed by atoms with van der Waals surface area (Å²) in [6.07, 6.45) is 11.6. The van der Waals surface area contributed by atoms with Gasteiger partial charge in [-0.2, -0.15) is 0 Å². The summed E-state index contributed by atoms with van der Waals surface area (Å²) in [7, 11) is -0.246. The molecule has 1 nitrogen and oxygen atoms in total. The van der Waals surface area contributed by atoms with E-state index < -0.39 is 12.8 Å². The van der Waals surface area contributed by atoms with Gasteiger partial charge < -0.3 is 4.74 Å². The van der Waals surface area contributed by atoms with Crippen molar-refractivity contribution in [2.24, 2.45) is 23.7 Å². The second-order valence-electron chi connectivity index (χ2n) is 9.22. The fraction of sp³-hybridized carbons (Fsp3) is 0.750. The third-order valence-corrected chi connectivity index (χ3v) is 9.54. The van der Waals surface area contributed by atoms with E-state index in [2.05, 4.69) is 19.1 Å². The van der Waals surface area contributed by atoms with Gasteiger partial charge in [0, 0.05) is 0 Å². The van der Waals surface area contributed by atoms with Gasteiger partial charge in [0.1, 0.15) is 19.0 Å². The van der Waals surface area contributed by atoms with Crippen molar-refractivity contribution in [3.63, 3.8) is 0 Å². The maximum Gasteiger partial charge on any atom is 0.162 e. The third kappa shape index (κ3) is 6.57. The van der Waals surface area contributed by atoms with Gasteiger partial charge in [0.05, 0.1) is 9.52 Å². The topological polar surface area (TPSA) is 9.23 Å². The van der Waals surface area contributed by atoms with Crippen LogP contribution in [0, 0.1) is 23.7 Å². The molecule has 158 valence electrons. The van der Waals surface area contributed by atoms with Crippen LogP contribution in [0.15, 0.2) is 24.3 Å². The lowest BCUT2D eigenvalue weighted by molar-refractivity contribution is 0.149. The molecule has 2 aliphatic carbocycles. The van der Waals surface area contributed by atoms with E-state index in [1.54, 1.807) is 0 Å². The molecule has 1 atom stereocenters. The lowest BCUT2D eigenvalue weighted by Gasteiger charge is -2.37. The van der Waals surface area contributed by atoms with Crippen molar-refractivity contribution in [2.75, 3.05) is 13.3 Å². The molecular weight excluding hydrogens is 370 g/mol. The SMILES string of the molecule is CC[C@H]1CC[C@H](C2CCC(C[SiH2]c3ccc(OCC(F)CF)cc3)CC2)CC1. The van der Waals surface area contributed by atoms with Crippen molar-refractivity contribution in [1.82, 2.24) is 0 Å². The average Bonchev–Trinajstić information content (AvgIpc) is 2.77. The minimum Gasteiger partial charge on any atom is -0.490 e. The molecule has 0 aromatic heterocycles. The van der Waals surface area contributed by atoms with Gasteiger partial charge in [0.25, 0.3) is 0 Å². The second kappa shape index (κ2) is 11.3. The average molecular weight is 409 g/mol. The summed E-state index contributed by atoms with van der Waals surface area (Å²) in [5.41, 5.74) is 0. The van der Waals surface area contributed by atoms with Gasteiger partial charge >= 0.3 is 0 Å². The smallest absolute Gasteiger partial charge is 0.162 e. The maximum absolute atomic E-state index is 12.9. The lowest BCUT2D eigenvalue weighted by Crippen LogP contribution is -2.27. The molecule has 3 rings (SSSR count). The Morgan fingerprint density at radius 2 is 1.50 bits per heavy atom. The van der Waals surface area contributed by atoms with Crippen molar-refractivity contribution in [2.45, 2.75) is 76.9 Å². The molecule has 0 N–H and O–H groups in total. The molecule has 1 aromatic rings. The van der Waals surface area contributed by atoms with Crippen LogP contribution >= 0.6 is 0 Å². The molecule has 0 radical (unpaired) electrons. The molecule has 1 aromatic carbocycles. The van der Waals surface area contributed by atoms with Crippen LogP contribution in [0.2, 0.25) is 6.04 Å². The van der Waals surface area contributed by atoms with E-state index in [1.165, 1.54) is 69.0 Å². The van der Waals surface area contributed by atoms with Gasteiger partial charge in [-0.1, -0.05) is 62.4 Å². The molecule has 0 aliphatic heterocycles. The summed E-state index contributed by atoms with van der Waals surface area (Å²) in [4.78, 5) is 0. The summed E-state index contributed by atoms with van der Waals surface area (Å²) < 4.78 is 30.3. The predicted octanol–water partition coefficient (Wildman–Crippen LogP) is 5.61. The fourth-order valence-corrected chi connectivity index (χ4v) is 7.26. The Morgan fingerprint density at radius 3 is 2.04 bits per heavy atom. The molecular formula is C24H38F2OSi. The highest BCUT2D eigenvalue weighted by Crippen LogP contribution is 2.42. The number of alkyl halides is 2. The number of halogens is 2. The Balaban J connectivity index is 1.34. The third-order valence-electron chi connectivity index (χ3n) is 7.39. The zero-order valence-electron chi connectivity index (χ0n) is 17.6. The summed E-state index contributed by atoms with van der Waals surface area (Å²) >= 11 is 0. The number of benzene rings is 1. The first-order valence-electron chi connectivity index (χ1n) is 11.6. The summed E-state index contributed by atoms with van der Waals surface area (Å²) in [6.45, 7) is 1.18. The van der Waals surface area contributed by atoms with Crippen molar-refractivity contribution in [3.8, 4) is 5.75 Å². The molecule has 0 spiro atoms. The quantitative estimate of drug-likeness (QED) is 0.483. The van der Waals surface area contributed by atoms with E-state index in [0.717, 1.165) is 23.7 Å². The standard InChI is InChI=1S/C24H38F2OSi/c1-2-18-3-7-20(8-4-18)21-9-5-19(6-10-21)17-28-24-13-11-23(12-14-24)27-16-22(26)15-25/h11-14,18-22H,2-10,15-17,28H2,1H3/t18-,19?,20-,21?,22?. The van der Waals surface area contributed by atoms with Gasteiger partial charge in [0.2, 0.25) is 0 Å². The molecule has 0 heterocycles. The Hall–Kier alpha value is -0.903. The highest BCUT2D eigenvalue weighted by molar-refractivity contribution is 6.53. The van der Waals surface area contributed by atoms with E-state index in [9.17, 15) is 8.78 Å². The van der Waals surface area contributed by atoms with Crippen LogP contribution in [0.3, 0.4) is 0 Å². The number of hydrogen-bond acceptors (Lipinski definition) is 1. The Bertz CT molecular complexity index is 548.